The molecule has 0 radical (unpaired) electrons. The van der Waals surface area contributed by atoms with Gasteiger partial charge in [-0.1, -0.05) is 12.1 Å². The van der Waals surface area contributed by atoms with Crippen LogP contribution in [0.15, 0.2) is 28.4 Å². The van der Waals surface area contributed by atoms with Crippen LogP contribution in [0, 0.1) is 0 Å². The van der Waals surface area contributed by atoms with Gasteiger partial charge in [-0.25, -0.2) is 0 Å². The van der Waals surface area contributed by atoms with Crippen LogP contribution in [0.2, 0.25) is 0 Å². The molecule has 5 nitrogen and oxygen atoms in total. The minimum Gasteiger partial charge on any atom is -0.409 e. The Morgan fingerprint density at radius 3 is 3.07 bits per heavy atom. The lowest BCUT2D eigenvalue weighted by Crippen LogP contribution is -2.18. The molecule has 3 N–H and O–H groups in total. The number of amidine groups is 1. The number of oxime groups is 1. The second-order valence-corrected chi connectivity index (χ2v) is 4.18. The third kappa shape index (κ3) is 2.08. The van der Waals surface area contributed by atoms with Crippen molar-refractivity contribution in [2.24, 2.45) is 10.9 Å². The number of hydrogen-bond acceptors (Lipinski definition) is 4. The van der Waals surface area contributed by atoms with Crippen molar-refractivity contribution in [3.63, 3.8) is 0 Å². The van der Waals surface area contributed by atoms with Crippen LogP contribution < -0.4 is 5.73 Å². The molecule has 0 fully saturated rings. The molecule has 1 aromatic heterocycles. The van der Waals surface area contributed by atoms with E-state index in [0.717, 1.165) is 0 Å². The molecule has 1 rings (SSSR count). The van der Waals surface area contributed by atoms with Gasteiger partial charge in [-0.15, -0.1) is 0 Å². The van der Waals surface area contributed by atoms with Gasteiger partial charge >= 0.3 is 0 Å². The number of aromatic nitrogens is 1. The normalized spacial score (nSPS) is 13.9. The van der Waals surface area contributed by atoms with E-state index in [2.05, 4.69) is 10.1 Å². The number of nitrogens with two attached hydrogens (primary N) is 1. The molecule has 0 bridgehead atoms. The van der Waals surface area contributed by atoms with Crippen LogP contribution in [0.1, 0.15) is 12.6 Å². The number of hydrogen-bond donors (Lipinski definition) is 2. The Labute approximate surface area is 84.1 Å². The molecule has 0 aliphatic rings. The van der Waals surface area contributed by atoms with E-state index in [1.165, 1.54) is 6.20 Å². The van der Waals surface area contributed by atoms with Crippen LogP contribution in [-0.2, 0) is 10.8 Å². The maximum Gasteiger partial charge on any atom is 0.189 e. The fourth-order valence-electron chi connectivity index (χ4n) is 0.969. The van der Waals surface area contributed by atoms with Gasteiger partial charge in [-0.05, 0) is 12.1 Å². The monoisotopic (exact) mass is 213 g/mol. The van der Waals surface area contributed by atoms with E-state index in [-0.39, 0.29) is 11.5 Å². The zero-order valence-corrected chi connectivity index (χ0v) is 8.49. The number of rotatable bonds is 3. The standard InChI is InChI=1S/C8H11N3O2S/c1-2-14(13)6-4-3-5-10-7(6)8(9)11-12/h3-5,12H,2H2,1H3,(H2,9,11)/t14-/m1/s1. The first-order chi connectivity index (χ1) is 6.70. The van der Waals surface area contributed by atoms with E-state index in [0.29, 0.717) is 10.6 Å². The van der Waals surface area contributed by atoms with Crippen molar-refractivity contribution in [2.75, 3.05) is 5.75 Å². The molecular formula is C8H11N3O2S. The molecule has 0 saturated carbocycles. The van der Waals surface area contributed by atoms with Crippen LogP contribution in [0.4, 0.5) is 0 Å². The minimum atomic E-state index is -1.16. The second-order valence-electron chi connectivity index (χ2n) is 2.47. The van der Waals surface area contributed by atoms with Crippen molar-refractivity contribution < 1.29 is 9.42 Å². The highest BCUT2D eigenvalue weighted by Gasteiger charge is 2.12. The zero-order valence-electron chi connectivity index (χ0n) is 7.67. The van der Waals surface area contributed by atoms with E-state index in [9.17, 15) is 4.21 Å². The Hall–Kier alpha value is -1.43. The molecule has 0 spiro atoms. The highest BCUT2D eigenvalue weighted by molar-refractivity contribution is 7.85. The summed E-state index contributed by atoms with van der Waals surface area (Å²) in [5, 5.41) is 11.3. The summed E-state index contributed by atoms with van der Waals surface area (Å²) in [6.45, 7) is 1.79. The summed E-state index contributed by atoms with van der Waals surface area (Å²) >= 11 is 0. The molecule has 76 valence electrons. The van der Waals surface area contributed by atoms with Crippen LogP contribution in [0.5, 0.6) is 0 Å². The fourth-order valence-corrected chi connectivity index (χ4v) is 1.88. The first-order valence-corrected chi connectivity index (χ1v) is 5.33. The van der Waals surface area contributed by atoms with Crippen LogP contribution >= 0.6 is 0 Å². The van der Waals surface area contributed by atoms with Crippen LogP contribution in [-0.4, -0.2) is 26.0 Å². The lowest BCUT2D eigenvalue weighted by Gasteiger charge is -2.04. The van der Waals surface area contributed by atoms with Crippen molar-refractivity contribution in [1.82, 2.24) is 4.98 Å². The topological polar surface area (TPSA) is 88.6 Å². The molecule has 0 aliphatic heterocycles. The molecule has 1 aromatic rings. The van der Waals surface area contributed by atoms with Crippen molar-refractivity contribution in [3.8, 4) is 0 Å². The molecule has 1 heterocycles. The van der Waals surface area contributed by atoms with Crippen molar-refractivity contribution in [3.05, 3.63) is 24.0 Å². The lowest BCUT2D eigenvalue weighted by molar-refractivity contribution is 0.318. The van der Waals surface area contributed by atoms with Gasteiger partial charge in [0.05, 0.1) is 15.7 Å². The van der Waals surface area contributed by atoms with Crippen molar-refractivity contribution in [2.45, 2.75) is 11.8 Å². The first kappa shape index (κ1) is 10.6. The fraction of sp³-hybridized carbons (Fsp3) is 0.250. The lowest BCUT2D eigenvalue weighted by atomic mass is 10.3. The summed E-state index contributed by atoms with van der Waals surface area (Å²) in [5.74, 6) is 0.347. The summed E-state index contributed by atoms with van der Waals surface area (Å²) in [4.78, 5) is 4.40. The summed E-state index contributed by atoms with van der Waals surface area (Å²) in [6.07, 6.45) is 1.50. The molecule has 0 aromatic carbocycles. The van der Waals surface area contributed by atoms with Gasteiger partial charge in [0.15, 0.2) is 5.84 Å². The van der Waals surface area contributed by atoms with Crippen molar-refractivity contribution in [1.29, 1.82) is 0 Å². The van der Waals surface area contributed by atoms with Crippen molar-refractivity contribution >= 4 is 16.6 Å². The third-order valence-electron chi connectivity index (χ3n) is 1.63. The van der Waals surface area contributed by atoms with Crippen LogP contribution in [0.3, 0.4) is 0 Å². The maximum atomic E-state index is 11.5. The largest absolute Gasteiger partial charge is 0.409 e. The molecule has 0 amide bonds. The van der Waals surface area contributed by atoms with Gasteiger partial charge in [0.25, 0.3) is 0 Å². The van der Waals surface area contributed by atoms with E-state index in [4.69, 9.17) is 10.9 Å². The predicted octanol–water partition coefficient (Wildman–Crippen LogP) is 0.304. The predicted molar refractivity (Wildman–Crippen MR) is 53.7 cm³/mol. The number of pyridine rings is 1. The van der Waals surface area contributed by atoms with Gasteiger partial charge < -0.3 is 10.9 Å². The van der Waals surface area contributed by atoms with Crippen LogP contribution in [0.25, 0.3) is 0 Å². The Morgan fingerprint density at radius 1 is 1.79 bits per heavy atom. The van der Waals surface area contributed by atoms with E-state index in [1.807, 2.05) is 0 Å². The molecule has 0 saturated heterocycles. The summed E-state index contributed by atoms with van der Waals surface area (Å²) < 4.78 is 11.5. The van der Waals surface area contributed by atoms with Gasteiger partial charge in [0.1, 0.15) is 5.69 Å². The van der Waals surface area contributed by atoms with E-state index in [1.54, 1.807) is 19.1 Å². The van der Waals surface area contributed by atoms with E-state index < -0.39 is 10.8 Å². The first-order valence-electron chi connectivity index (χ1n) is 4.02. The number of nitrogens with zero attached hydrogens (tertiary/aromatic N) is 2. The maximum absolute atomic E-state index is 11.5. The summed E-state index contributed by atoms with van der Waals surface area (Å²) in [6, 6.07) is 3.32. The summed E-state index contributed by atoms with van der Waals surface area (Å²) in [5.41, 5.74) is 5.66. The average Bonchev–Trinajstić information content (AvgIpc) is 2.27. The molecule has 1 atom stereocenters. The second kappa shape index (κ2) is 4.71. The molecule has 6 heteroatoms. The average molecular weight is 213 g/mol. The zero-order chi connectivity index (χ0) is 10.6. The summed E-state index contributed by atoms with van der Waals surface area (Å²) in [7, 11) is -1.16. The highest BCUT2D eigenvalue weighted by atomic mass is 32.2. The van der Waals surface area contributed by atoms with Gasteiger partial charge in [0, 0.05) is 11.9 Å². The SMILES string of the molecule is CC[S@@](=O)c1cccnc1C(N)=NO. The van der Waals surface area contributed by atoms with Gasteiger partial charge in [-0.2, -0.15) is 0 Å². The Morgan fingerprint density at radius 2 is 2.50 bits per heavy atom. The Balaban J connectivity index is 3.23. The third-order valence-corrected chi connectivity index (χ3v) is 2.97. The Kier molecular flexibility index (Phi) is 3.58. The molecule has 0 unspecified atom stereocenters. The quantitative estimate of drug-likeness (QED) is 0.327. The van der Waals surface area contributed by atoms with E-state index >= 15 is 0 Å². The van der Waals surface area contributed by atoms with Gasteiger partial charge in [0.2, 0.25) is 0 Å². The Bertz CT molecular complexity index is 379. The van der Waals surface area contributed by atoms with Gasteiger partial charge in [-0.3, -0.25) is 9.19 Å². The molecular weight excluding hydrogens is 202 g/mol. The molecule has 0 aliphatic carbocycles. The highest BCUT2D eigenvalue weighted by Crippen LogP contribution is 2.10. The minimum absolute atomic E-state index is 0.123. The molecule has 14 heavy (non-hydrogen) atoms. The smallest absolute Gasteiger partial charge is 0.189 e.